The molecule has 2 rings (SSSR count). The Bertz CT molecular complexity index is 534. The largest absolute Gasteiger partial charge is 0.401 e. The van der Waals surface area contributed by atoms with Crippen LogP contribution in [0.25, 0.3) is 6.08 Å². The van der Waals surface area contributed by atoms with Gasteiger partial charge < -0.3 is 16.0 Å². The first kappa shape index (κ1) is 14.4. The third kappa shape index (κ3) is 2.26. The van der Waals surface area contributed by atoms with E-state index in [0.717, 1.165) is 53.9 Å². The molecule has 0 unspecified atom stereocenters. The molecule has 108 valence electrons. The van der Waals surface area contributed by atoms with Gasteiger partial charge in [-0.1, -0.05) is 6.58 Å². The lowest BCUT2D eigenvalue weighted by Crippen LogP contribution is -2.14. The van der Waals surface area contributed by atoms with Gasteiger partial charge in [0.15, 0.2) is 6.29 Å². The topological polar surface area (TPSA) is 74.0 Å². The highest BCUT2D eigenvalue weighted by Crippen LogP contribution is 2.31. The average Bonchev–Trinajstić information content (AvgIpc) is 2.72. The van der Waals surface area contributed by atoms with Gasteiger partial charge in [-0.25, -0.2) is 0 Å². The Labute approximate surface area is 120 Å². The molecule has 0 saturated carbocycles. The summed E-state index contributed by atoms with van der Waals surface area (Å²) in [4.78, 5) is 11.6. The summed E-state index contributed by atoms with van der Waals surface area (Å²) in [6, 6.07) is 0.221. The molecule has 0 atom stereocenters. The van der Waals surface area contributed by atoms with Gasteiger partial charge in [-0.3, -0.25) is 4.79 Å². The maximum atomic E-state index is 11.6. The van der Waals surface area contributed by atoms with Crippen molar-refractivity contribution >= 4 is 12.4 Å². The minimum atomic E-state index is 0.221. The molecule has 0 amide bonds. The van der Waals surface area contributed by atoms with Gasteiger partial charge in [-0.05, 0) is 56.7 Å². The monoisotopic (exact) mass is 273 g/mol. The predicted molar refractivity (Wildman–Crippen MR) is 82.3 cm³/mol. The molecule has 0 radical (unpaired) electrons. The fourth-order valence-corrected chi connectivity index (χ4v) is 3.03. The molecule has 0 spiro atoms. The van der Waals surface area contributed by atoms with E-state index in [4.69, 9.17) is 11.5 Å². The zero-order valence-electron chi connectivity index (χ0n) is 12.3. The van der Waals surface area contributed by atoms with Crippen molar-refractivity contribution in [1.29, 1.82) is 0 Å². The number of hydrogen-bond acceptors (Lipinski definition) is 3. The van der Waals surface area contributed by atoms with Crippen LogP contribution < -0.4 is 11.5 Å². The van der Waals surface area contributed by atoms with Gasteiger partial charge >= 0.3 is 0 Å². The molecule has 1 aliphatic carbocycles. The van der Waals surface area contributed by atoms with Crippen LogP contribution in [0.1, 0.15) is 60.0 Å². The van der Waals surface area contributed by atoms with E-state index in [1.807, 2.05) is 6.08 Å². The zero-order valence-corrected chi connectivity index (χ0v) is 12.3. The van der Waals surface area contributed by atoms with E-state index >= 15 is 0 Å². The lowest BCUT2D eigenvalue weighted by molar-refractivity contribution is 0.111. The molecule has 1 aromatic rings. The number of carbonyl (C=O) groups is 1. The fourth-order valence-electron chi connectivity index (χ4n) is 3.03. The molecule has 1 aromatic heterocycles. The standard InChI is InChI=1S/C16H23N3O/c1-4-15-11-5-7-13(17)14(18)8-6-12(11)16(9-20)19(15)10(2)3/h4,9-10H,1,5-8,17-18H2,2-3H3/b14-13-. The van der Waals surface area contributed by atoms with Crippen LogP contribution in [0.2, 0.25) is 0 Å². The third-order valence-corrected chi connectivity index (χ3v) is 4.02. The van der Waals surface area contributed by atoms with Gasteiger partial charge in [0.1, 0.15) is 0 Å². The normalized spacial score (nSPS) is 19.4. The molecular weight excluding hydrogens is 250 g/mol. The summed E-state index contributed by atoms with van der Waals surface area (Å²) in [6.07, 6.45) is 5.81. The summed E-state index contributed by atoms with van der Waals surface area (Å²) >= 11 is 0. The third-order valence-electron chi connectivity index (χ3n) is 4.02. The molecule has 4 N–H and O–H groups in total. The van der Waals surface area contributed by atoms with Gasteiger partial charge in [0.25, 0.3) is 0 Å². The Hall–Kier alpha value is -1.97. The van der Waals surface area contributed by atoms with Crippen molar-refractivity contribution in [2.24, 2.45) is 11.5 Å². The predicted octanol–water partition coefficient (Wildman–Crippen LogP) is 2.53. The molecule has 1 aliphatic rings. The first-order chi connectivity index (χ1) is 9.51. The molecule has 4 nitrogen and oxygen atoms in total. The minimum absolute atomic E-state index is 0.221. The Balaban J connectivity index is 2.62. The molecule has 0 bridgehead atoms. The van der Waals surface area contributed by atoms with Gasteiger partial charge in [0.05, 0.1) is 5.69 Å². The highest BCUT2D eigenvalue weighted by molar-refractivity contribution is 5.79. The van der Waals surface area contributed by atoms with Crippen molar-refractivity contribution in [2.45, 2.75) is 45.6 Å². The van der Waals surface area contributed by atoms with Gasteiger partial charge in [-0.2, -0.15) is 0 Å². The number of fused-ring (bicyclic) bond motifs is 1. The number of nitrogens with zero attached hydrogens (tertiary/aromatic N) is 1. The van der Waals surface area contributed by atoms with E-state index < -0.39 is 0 Å². The van der Waals surface area contributed by atoms with E-state index in [2.05, 4.69) is 25.0 Å². The van der Waals surface area contributed by atoms with Crippen LogP contribution in [-0.2, 0) is 12.8 Å². The first-order valence-corrected chi connectivity index (χ1v) is 7.07. The van der Waals surface area contributed by atoms with E-state index in [-0.39, 0.29) is 6.04 Å². The highest BCUT2D eigenvalue weighted by atomic mass is 16.1. The number of hydrogen-bond donors (Lipinski definition) is 2. The molecular formula is C16H23N3O. The molecule has 0 saturated heterocycles. The van der Waals surface area contributed by atoms with Crippen molar-refractivity contribution in [3.63, 3.8) is 0 Å². The molecule has 4 heteroatoms. The van der Waals surface area contributed by atoms with Crippen LogP contribution >= 0.6 is 0 Å². The number of carbonyl (C=O) groups excluding carboxylic acids is 1. The number of allylic oxidation sites excluding steroid dienone is 2. The molecule has 0 fully saturated rings. The molecule has 1 heterocycles. The highest BCUT2D eigenvalue weighted by Gasteiger charge is 2.23. The van der Waals surface area contributed by atoms with Crippen LogP contribution in [0, 0.1) is 0 Å². The maximum absolute atomic E-state index is 11.6. The lowest BCUT2D eigenvalue weighted by Gasteiger charge is -2.14. The SMILES string of the molecule is C=Cc1c2c(c(C=O)n1C(C)C)CC/C(N)=C(/N)CC2. The second-order valence-corrected chi connectivity index (χ2v) is 5.56. The zero-order chi connectivity index (χ0) is 14.9. The van der Waals surface area contributed by atoms with Crippen LogP contribution in [0.4, 0.5) is 0 Å². The van der Waals surface area contributed by atoms with Crippen LogP contribution in [-0.4, -0.2) is 10.9 Å². The van der Waals surface area contributed by atoms with Gasteiger partial charge in [0, 0.05) is 23.1 Å². The van der Waals surface area contributed by atoms with E-state index in [1.54, 1.807) is 0 Å². The lowest BCUT2D eigenvalue weighted by atomic mass is 9.94. The summed E-state index contributed by atoms with van der Waals surface area (Å²) in [5.41, 5.74) is 17.6. The van der Waals surface area contributed by atoms with Crippen molar-refractivity contribution in [1.82, 2.24) is 4.57 Å². The Kier molecular flexibility index (Phi) is 4.02. The summed E-state index contributed by atoms with van der Waals surface area (Å²) in [6.45, 7) is 8.07. The summed E-state index contributed by atoms with van der Waals surface area (Å²) in [5.74, 6) is 0. The Morgan fingerprint density at radius 2 is 1.55 bits per heavy atom. The summed E-state index contributed by atoms with van der Waals surface area (Å²) in [7, 11) is 0. The molecule has 0 aromatic carbocycles. The van der Waals surface area contributed by atoms with E-state index in [0.29, 0.717) is 6.42 Å². The molecule has 20 heavy (non-hydrogen) atoms. The fraction of sp³-hybridized carbons (Fsp3) is 0.438. The van der Waals surface area contributed by atoms with Crippen LogP contribution in [0.15, 0.2) is 18.0 Å². The second-order valence-electron chi connectivity index (χ2n) is 5.56. The smallest absolute Gasteiger partial charge is 0.166 e. The van der Waals surface area contributed by atoms with Crippen molar-refractivity contribution in [3.8, 4) is 0 Å². The number of aromatic nitrogens is 1. The Morgan fingerprint density at radius 3 is 1.95 bits per heavy atom. The van der Waals surface area contributed by atoms with E-state index in [9.17, 15) is 4.79 Å². The van der Waals surface area contributed by atoms with Gasteiger partial charge in [-0.15, -0.1) is 0 Å². The first-order valence-electron chi connectivity index (χ1n) is 7.07. The maximum Gasteiger partial charge on any atom is 0.166 e. The van der Waals surface area contributed by atoms with Crippen molar-refractivity contribution in [2.75, 3.05) is 0 Å². The number of nitrogens with two attached hydrogens (primary N) is 2. The van der Waals surface area contributed by atoms with E-state index in [1.165, 1.54) is 5.56 Å². The second kappa shape index (κ2) is 5.57. The Morgan fingerprint density at radius 1 is 1.05 bits per heavy atom. The number of rotatable bonds is 3. The van der Waals surface area contributed by atoms with Gasteiger partial charge in [0.2, 0.25) is 0 Å². The minimum Gasteiger partial charge on any atom is -0.401 e. The summed E-state index contributed by atoms with van der Waals surface area (Å²) < 4.78 is 2.07. The van der Waals surface area contributed by atoms with Crippen molar-refractivity contribution in [3.05, 3.63) is 40.5 Å². The quantitative estimate of drug-likeness (QED) is 0.831. The van der Waals surface area contributed by atoms with Crippen LogP contribution in [0.3, 0.4) is 0 Å². The van der Waals surface area contributed by atoms with Crippen molar-refractivity contribution < 1.29 is 4.79 Å². The molecule has 0 aliphatic heterocycles. The summed E-state index contributed by atoms with van der Waals surface area (Å²) in [5, 5.41) is 0. The van der Waals surface area contributed by atoms with Crippen LogP contribution in [0.5, 0.6) is 0 Å². The number of aldehydes is 1. The average molecular weight is 273 g/mol.